The summed E-state index contributed by atoms with van der Waals surface area (Å²) in [5, 5.41) is 3.72. The average molecular weight is 303 g/mol. The molecule has 2 aromatic heterocycles. The van der Waals surface area contributed by atoms with Crippen molar-refractivity contribution in [3.8, 4) is 0 Å². The van der Waals surface area contributed by atoms with Gasteiger partial charge in [-0.15, -0.1) is 11.3 Å². The van der Waals surface area contributed by atoms with Crippen molar-refractivity contribution >= 4 is 22.7 Å². The molecule has 0 amide bonds. The predicted octanol–water partition coefficient (Wildman–Crippen LogP) is 3.84. The lowest BCUT2D eigenvalue weighted by Crippen LogP contribution is -2.07. The minimum atomic E-state index is -1.73. The molecule has 20 heavy (non-hydrogen) atoms. The minimum absolute atomic E-state index is 0.430. The van der Waals surface area contributed by atoms with Crippen LogP contribution in [0.5, 0.6) is 0 Å². The van der Waals surface area contributed by atoms with Gasteiger partial charge in [-0.05, 0) is 26.0 Å². The second kappa shape index (κ2) is 5.58. The lowest BCUT2D eigenvalue weighted by molar-refractivity contribution is 0.411. The number of thiophene rings is 1. The molecule has 3 nitrogen and oxygen atoms in total. The number of pyridine rings is 1. The molecule has 0 fully saturated rings. The third-order valence-corrected chi connectivity index (χ3v) is 3.54. The molecule has 0 aliphatic heterocycles. The van der Waals surface area contributed by atoms with E-state index in [-0.39, 0.29) is 0 Å². The summed E-state index contributed by atoms with van der Waals surface area (Å²) in [6.45, 7) is 3.49. The molecule has 2 aromatic rings. The van der Waals surface area contributed by atoms with Gasteiger partial charge in [0.25, 0.3) is 11.9 Å². The zero-order chi connectivity index (χ0) is 14.9. The molecule has 0 bridgehead atoms. The number of rotatable bonds is 3. The van der Waals surface area contributed by atoms with Crippen LogP contribution in [0.4, 0.5) is 23.2 Å². The van der Waals surface area contributed by atoms with Gasteiger partial charge >= 0.3 is 0 Å². The molecule has 0 aliphatic rings. The van der Waals surface area contributed by atoms with Crippen LogP contribution in [0.1, 0.15) is 16.7 Å². The molecule has 2 heterocycles. The summed E-state index contributed by atoms with van der Waals surface area (Å²) in [5.41, 5.74) is 1.41. The van der Waals surface area contributed by atoms with Gasteiger partial charge in [0.05, 0.1) is 10.6 Å². The van der Waals surface area contributed by atoms with Gasteiger partial charge in [-0.25, -0.2) is 0 Å². The fourth-order valence-electron chi connectivity index (χ4n) is 1.41. The summed E-state index contributed by atoms with van der Waals surface area (Å²) in [6.07, 6.45) is 0. The van der Waals surface area contributed by atoms with E-state index >= 15 is 0 Å². The number of nitrogens with one attached hydrogen (secondary N) is 1. The number of aromatic nitrogens is 1. The van der Waals surface area contributed by atoms with Crippen LogP contribution in [0.2, 0.25) is 0 Å². The van der Waals surface area contributed by atoms with Gasteiger partial charge in [0, 0.05) is 4.88 Å². The maximum atomic E-state index is 13.3. The maximum absolute atomic E-state index is 13.3. The van der Waals surface area contributed by atoms with E-state index in [1.54, 1.807) is 13.0 Å². The molecule has 0 saturated carbocycles. The maximum Gasteiger partial charge on any atom is 0.254 e. The largest absolute Gasteiger partial charge is 0.272 e. The van der Waals surface area contributed by atoms with Gasteiger partial charge in [0.15, 0.2) is 0 Å². The van der Waals surface area contributed by atoms with E-state index in [0.717, 1.165) is 9.75 Å². The van der Waals surface area contributed by atoms with E-state index < -0.39 is 29.2 Å². The highest BCUT2D eigenvalue weighted by Gasteiger charge is 2.20. The van der Waals surface area contributed by atoms with Gasteiger partial charge in [-0.1, -0.05) is 0 Å². The zero-order valence-corrected chi connectivity index (χ0v) is 11.3. The van der Waals surface area contributed by atoms with Crippen LogP contribution in [0.3, 0.4) is 0 Å². The van der Waals surface area contributed by atoms with Crippen LogP contribution in [0.25, 0.3) is 0 Å². The van der Waals surface area contributed by atoms with Crippen LogP contribution >= 0.6 is 11.3 Å². The normalized spacial score (nSPS) is 11.8. The monoisotopic (exact) mass is 303 g/mol. The molecule has 1 N–H and O–H groups in total. The van der Waals surface area contributed by atoms with E-state index in [2.05, 4.69) is 10.1 Å². The van der Waals surface area contributed by atoms with Crippen molar-refractivity contribution in [2.24, 2.45) is 5.10 Å². The molecule has 8 heteroatoms. The smallest absolute Gasteiger partial charge is 0.254 e. The predicted molar refractivity (Wildman–Crippen MR) is 69.0 cm³/mol. The summed E-state index contributed by atoms with van der Waals surface area (Å²) >= 11 is 1.43. The quantitative estimate of drug-likeness (QED) is 0.405. The van der Waals surface area contributed by atoms with Crippen LogP contribution in [0, 0.1) is 30.5 Å². The molecule has 2 rings (SSSR count). The average Bonchev–Trinajstić information content (AvgIpc) is 2.83. The van der Waals surface area contributed by atoms with E-state index in [0.29, 0.717) is 5.71 Å². The summed E-state index contributed by atoms with van der Waals surface area (Å²) in [4.78, 5) is 4.26. The Morgan fingerprint density at radius 2 is 1.75 bits per heavy atom. The van der Waals surface area contributed by atoms with E-state index in [9.17, 15) is 17.6 Å². The van der Waals surface area contributed by atoms with Gasteiger partial charge in [-0.2, -0.15) is 27.6 Å². The Morgan fingerprint density at radius 1 is 1.15 bits per heavy atom. The Balaban J connectivity index is 2.31. The third-order valence-electron chi connectivity index (χ3n) is 2.43. The Kier molecular flexibility index (Phi) is 4.03. The van der Waals surface area contributed by atoms with Crippen molar-refractivity contribution in [2.45, 2.75) is 13.8 Å². The number of aryl methyl sites for hydroxylation is 1. The van der Waals surface area contributed by atoms with E-state index in [1.165, 1.54) is 11.3 Å². The number of halogens is 4. The van der Waals surface area contributed by atoms with Gasteiger partial charge in [0.1, 0.15) is 5.69 Å². The first-order valence-corrected chi connectivity index (χ1v) is 6.29. The van der Waals surface area contributed by atoms with Gasteiger partial charge in [0.2, 0.25) is 11.6 Å². The molecular weight excluding hydrogens is 294 g/mol. The number of hydrogen-bond acceptors (Lipinski definition) is 4. The van der Waals surface area contributed by atoms with Crippen molar-refractivity contribution in [3.63, 3.8) is 0 Å². The number of hydrazone groups is 1. The number of anilines is 1. The molecule has 0 aliphatic carbocycles. The Hall–Kier alpha value is -1.96. The second-order valence-electron chi connectivity index (χ2n) is 3.92. The second-order valence-corrected chi connectivity index (χ2v) is 5.20. The highest BCUT2D eigenvalue weighted by Crippen LogP contribution is 2.22. The first kappa shape index (κ1) is 14.4. The molecule has 0 radical (unpaired) electrons. The molecule has 0 atom stereocenters. The van der Waals surface area contributed by atoms with Crippen LogP contribution < -0.4 is 5.43 Å². The number of nitrogens with zero attached hydrogens (tertiary/aromatic N) is 2. The summed E-state index contributed by atoms with van der Waals surface area (Å²) < 4.78 is 52.4. The molecule has 0 aromatic carbocycles. The Morgan fingerprint density at radius 3 is 2.25 bits per heavy atom. The van der Waals surface area contributed by atoms with Gasteiger partial charge in [-0.3, -0.25) is 5.43 Å². The number of hydrogen-bond donors (Lipinski definition) is 1. The van der Waals surface area contributed by atoms with Crippen LogP contribution in [-0.2, 0) is 0 Å². The van der Waals surface area contributed by atoms with Crippen molar-refractivity contribution in [1.82, 2.24) is 4.98 Å². The van der Waals surface area contributed by atoms with Crippen molar-refractivity contribution in [3.05, 3.63) is 45.4 Å². The van der Waals surface area contributed by atoms with Crippen molar-refractivity contribution < 1.29 is 17.6 Å². The highest BCUT2D eigenvalue weighted by atomic mass is 32.1. The fraction of sp³-hybridized carbons (Fsp3) is 0.167. The van der Waals surface area contributed by atoms with Gasteiger partial charge < -0.3 is 0 Å². The lowest BCUT2D eigenvalue weighted by atomic mass is 10.3. The van der Waals surface area contributed by atoms with Crippen LogP contribution in [0.15, 0.2) is 17.2 Å². The van der Waals surface area contributed by atoms with E-state index in [1.807, 2.05) is 18.4 Å². The van der Waals surface area contributed by atoms with Crippen molar-refractivity contribution in [1.29, 1.82) is 0 Å². The third kappa shape index (κ3) is 2.79. The Bertz CT molecular complexity index is 655. The topological polar surface area (TPSA) is 37.3 Å². The SMILES string of the molecule is C/C(=N/Nc1c(F)c(F)nc(F)c1F)c1ccc(C)s1. The molecule has 106 valence electrons. The summed E-state index contributed by atoms with van der Waals surface area (Å²) in [5.74, 6) is -6.71. The fourth-order valence-corrected chi connectivity index (χ4v) is 2.22. The minimum Gasteiger partial charge on any atom is -0.272 e. The zero-order valence-electron chi connectivity index (χ0n) is 10.5. The molecule has 0 spiro atoms. The lowest BCUT2D eigenvalue weighted by Gasteiger charge is -2.06. The first-order valence-electron chi connectivity index (χ1n) is 5.47. The van der Waals surface area contributed by atoms with Crippen LogP contribution in [-0.4, -0.2) is 10.7 Å². The summed E-state index contributed by atoms with van der Waals surface area (Å²) in [7, 11) is 0. The standard InChI is InChI=1S/C12H9F4N3S/c1-5-3-4-7(20-5)6(2)18-19-10-8(13)11(15)17-12(16)9(10)14/h3-4H,1-2H3,(H,17,19)/b18-6-. The first-order chi connectivity index (χ1) is 9.40. The van der Waals surface area contributed by atoms with E-state index in [4.69, 9.17) is 0 Å². The Labute approximate surface area is 116 Å². The molecular formula is C12H9F4N3S. The highest BCUT2D eigenvalue weighted by molar-refractivity contribution is 7.14. The van der Waals surface area contributed by atoms with Crippen molar-refractivity contribution in [2.75, 3.05) is 5.43 Å². The molecule has 0 unspecified atom stereocenters. The summed E-state index contributed by atoms with van der Waals surface area (Å²) in [6, 6.07) is 3.63. The molecule has 0 saturated heterocycles.